The third kappa shape index (κ3) is 3.67. The molecule has 0 spiro atoms. The van der Waals surface area contributed by atoms with Crippen LogP contribution in [0.1, 0.15) is 6.92 Å². The van der Waals surface area contributed by atoms with Crippen molar-refractivity contribution in [3.05, 3.63) is 0 Å². The van der Waals surface area contributed by atoms with E-state index < -0.39 is 0 Å². The lowest BCUT2D eigenvalue weighted by atomic mass is 10.7. The van der Waals surface area contributed by atoms with E-state index in [0.717, 1.165) is 17.8 Å². The Morgan fingerprint density at radius 2 is 2.50 bits per heavy atom. The van der Waals surface area contributed by atoms with Gasteiger partial charge < -0.3 is 5.32 Å². The maximum Gasteiger partial charge on any atom is 0.198 e. The van der Waals surface area contributed by atoms with Crippen molar-refractivity contribution in [2.45, 2.75) is 6.92 Å². The van der Waals surface area contributed by atoms with Gasteiger partial charge in [-0.15, -0.1) is 0 Å². The third-order valence-corrected chi connectivity index (χ3v) is 1.06. The highest BCUT2D eigenvalue weighted by Gasteiger charge is 1.79. The van der Waals surface area contributed by atoms with Crippen molar-refractivity contribution < 1.29 is 4.79 Å². The molecular formula is C4H8N2OS. The lowest BCUT2D eigenvalue weighted by Gasteiger charge is -1.91. The zero-order valence-corrected chi connectivity index (χ0v) is 5.66. The first-order valence-electron chi connectivity index (χ1n) is 2.13. The van der Waals surface area contributed by atoms with E-state index >= 15 is 0 Å². The summed E-state index contributed by atoms with van der Waals surface area (Å²) in [5, 5.41) is 2.77. The van der Waals surface area contributed by atoms with Crippen LogP contribution in [0.3, 0.4) is 0 Å². The second-order valence-corrected chi connectivity index (χ2v) is 1.71. The van der Waals surface area contributed by atoms with Crippen LogP contribution in [-0.4, -0.2) is 18.5 Å². The van der Waals surface area contributed by atoms with Gasteiger partial charge in [-0.25, -0.2) is 0 Å². The smallest absolute Gasteiger partial charge is 0.198 e. The van der Waals surface area contributed by atoms with E-state index in [-0.39, 0.29) is 0 Å². The average Bonchev–Trinajstić information content (AvgIpc) is 1.83. The molecule has 0 aromatic carbocycles. The molecule has 0 bridgehead atoms. The Hall–Kier alpha value is -0.510. The lowest BCUT2D eigenvalue weighted by Crippen LogP contribution is -2.12. The quantitative estimate of drug-likeness (QED) is 0.257. The summed E-state index contributed by atoms with van der Waals surface area (Å²) in [5.41, 5.74) is 0.681. The van der Waals surface area contributed by atoms with Crippen LogP contribution in [0.5, 0.6) is 0 Å². The molecule has 4 heteroatoms. The largest absolute Gasteiger partial charge is 0.376 e. The van der Waals surface area contributed by atoms with Gasteiger partial charge in [0.1, 0.15) is 5.84 Å². The normalized spacial score (nSPS) is 11.0. The predicted octanol–water partition coefficient (Wildman–Crippen LogP) is 0.463. The summed E-state index contributed by atoms with van der Waals surface area (Å²) in [6.45, 7) is 1.79. The van der Waals surface area contributed by atoms with E-state index in [2.05, 4.69) is 9.71 Å². The number of amidine groups is 1. The van der Waals surface area contributed by atoms with Gasteiger partial charge in [-0.2, -0.15) is 4.40 Å². The predicted molar refractivity (Wildman–Crippen MR) is 36.5 cm³/mol. The maximum atomic E-state index is 9.65. The van der Waals surface area contributed by atoms with Crippen molar-refractivity contribution in [2.75, 3.05) is 7.05 Å². The fourth-order valence-corrected chi connectivity index (χ4v) is 0.439. The number of nitrogens with one attached hydrogen (secondary N) is 1. The van der Waals surface area contributed by atoms with Crippen molar-refractivity contribution in [3.8, 4) is 0 Å². The van der Waals surface area contributed by atoms with Gasteiger partial charge in [-0.05, 0) is 6.92 Å². The first-order chi connectivity index (χ1) is 3.81. The van der Waals surface area contributed by atoms with E-state index in [9.17, 15) is 4.79 Å². The van der Waals surface area contributed by atoms with Crippen LogP contribution >= 0.6 is 11.9 Å². The molecule has 0 atom stereocenters. The van der Waals surface area contributed by atoms with Crippen LogP contribution < -0.4 is 5.32 Å². The molecule has 46 valence electrons. The van der Waals surface area contributed by atoms with Gasteiger partial charge in [0.2, 0.25) is 0 Å². The molecule has 0 aliphatic rings. The SMILES string of the molecule is CN/C(C)=N\SC=O. The first-order valence-corrected chi connectivity index (χ1v) is 2.96. The molecule has 0 rings (SSSR count). The summed E-state index contributed by atoms with van der Waals surface area (Å²) < 4.78 is 3.72. The molecular weight excluding hydrogens is 124 g/mol. The van der Waals surface area contributed by atoms with Gasteiger partial charge in [-0.1, -0.05) is 0 Å². The zero-order valence-electron chi connectivity index (χ0n) is 4.84. The van der Waals surface area contributed by atoms with Crippen molar-refractivity contribution in [1.29, 1.82) is 0 Å². The van der Waals surface area contributed by atoms with Crippen LogP contribution in [-0.2, 0) is 4.79 Å². The molecule has 0 radical (unpaired) electrons. The summed E-state index contributed by atoms with van der Waals surface area (Å²) in [6.07, 6.45) is 0. The number of nitrogens with zero attached hydrogens (tertiary/aromatic N) is 1. The summed E-state index contributed by atoms with van der Waals surface area (Å²) in [6, 6.07) is 0. The molecule has 1 N–H and O–H groups in total. The molecule has 0 fully saturated rings. The second kappa shape index (κ2) is 4.64. The minimum atomic E-state index is 0.681. The first kappa shape index (κ1) is 7.49. The fraction of sp³-hybridized carbons (Fsp3) is 0.500. The van der Waals surface area contributed by atoms with Gasteiger partial charge in [0, 0.05) is 19.0 Å². The molecule has 0 aliphatic heterocycles. The Kier molecular flexibility index (Phi) is 4.35. The molecule has 0 saturated carbocycles. The number of hydrogen-bond donors (Lipinski definition) is 1. The minimum absolute atomic E-state index is 0.681. The maximum absolute atomic E-state index is 9.65. The molecule has 0 saturated heterocycles. The lowest BCUT2D eigenvalue weighted by molar-refractivity contribution is 0.570. The Morgan fingerprint density at radius 1 is 1.88 bits per heavy atom. The highest BCUT2D eigenvalue weighted by Crippen LogP contribution is 1.92. The molecule has 0 amide bonds. The van der Waals surface area contributed by atoms with Gasteiger partial charge >= 0.3 is 0 Å². The van der Waals surface area contributed by atoms with Crippen LogP contribution in [0.4, 0.5) is 0 Å². The second-order valence-electron chi connectivity index (χ2n) is 1.13. The van der Waals surface area contributed by atoms with Crippen LogP contribution in [0, 0.1) is 0 Å². The van der Waals surface area contributed by atoms with E-state index in [1.807, 2.05) is 0 Å². The van der Waals surface area contributed by atoms with E-state index in [0.29, 0.717) is 5.62 Å². The molecule has 0 aromatic heterocycles. The summed E-state index contributed by atoms with van der Waals surface area (Å²) in [4.78, 5) is 9.65. The van der Waals surface area contributed by atoms with Crippen LogP contribution in [0.2, 0.25) is 0 Å². The van der Waals surface area contributed by atoms with E-state index in [1.54, 1.807) is 14.0 Å². The Labute approximate surface area is 52.7 Å². The van der Waals surface area contributed by atoms with Gasteiger partial charge in [0.25, 0.3) is 0 Å². The van der Waals surface area contributed by atoms with Crippen molar-refractivity contribution in [1.82, 2.24) is 5.32 Å². The van der Waals surface area contributed by atoms with Gasteiger partial charge in [0.05, 0.1) is 0 Å². The summed E-state index contributed by atoms with van der Waals surface area (Å²) >= 11 is 0.886. The summed E-state index contributed by atoms with van der Waals surface area (Å²) in [5.74, 6) is 0.752. The minimum Gasteiger partial charge on any atom is -0.376 e. The number of hydrogen-bond acceptors (Lipinski definition) is 3. The Bertz CT molecular complexity index is 102. The molecule has 0 unspecified atom stereocenters. The standard InChI is InChI=1S/C4H8N2OS/c1-4(5-2)6-8-3-7/h3H,1-2H3,(H,5,6). The van der Waals surface area contributed by atoms with Crippen molar-refractivity contribution >= 4 is 23.4 Å². The Balaban J connectivity index is 3.40. The fourth-order valence-electron chi connectivity index (χ4n) is 0.146. The third-order valence-electron chi connectivity index (χ3n) is 0.594. The van der Waals surface area contributed by atoms with E-state index in [4.69, 9.17) is 0 Å². The van der Waals surface area contributed by atoms with Crippen molar-refractivity contribution in [3.63, 3.8) is 0 Å². The molecule has 0 aromatic rings. The molecule has 3 nitrogen and oxygen atoms in total. The van der Waals surface area contributed by atoms with Crippen LogP contribution in [0.25, 0.3) is 0 Å². The number of rotatable bonds is 2. The highest BCUT2D eigenvalue weighted by molar-refractivity contribution is 8.10. The zero-order chi connectivity index (χ0) is 6.41. The van der Waals surface area contributed by atoms with Gasteiger partial charge in [0.15, 0.2) is 5.62 Å². The topological polar surface area (TPSA) is 41.5 Å². The molecule has 8 heavy (non-hydrogen) atoms. The summed E-state index contributed by atoms with van der Waals surface area (Å²) in [7, 11) is 1.75. The monoisotopic (exact) mass is 132 g/mol. The number of carbonyl (C=O) groups is 1. The van der Waals surface area contributed by atoms with Crippen LogP contribution in [0.15, 0.2) is 4.40 Å². The molecule has 0 heterocycles. The average molecular weight is 132 g/mol. The highest BCUT2D eigenvalue weighted by atomic mass is 32.2. The molecule has 0 aliphatic carbocycles. The van der Waals surface area contributed by atoms with Gasteiger partial charge in [-0.3, -0.25) is 4.79 Å². The van der Waals surface area contributed by atoms with Crippen molar-refractivity contribution in [2.24, 2.45) is 4.40 Å². The Morgan fingerprint density at radius 3 is 2.88 bits per heavy atom. The van der Waals surface area contributed by atoms with E-state index in [1.165, 1.54) is 0 Å². The number of carbonyl (C=O) groups excluding carboxylic acids is 1.